The molecular formula is C14H18N4OS. The van der Waals surface area contributed by atoms with E-state index in [1.165, 1.54) is 17.3 Å². The second kappa shape index (κ2) is 7.12. The predicted octanol–water partition coefficient (Wildman–Crippen LogP) is 1.93. The molecule has 0 bridgehead atoms. The summed E-state index contributed by atoms with van der Waals surface area (Å²) in [7, 11) is 0. The molecule has 0 saturated carbocycles. The number of rotatable bonds is 6. The van der Waals surface area contributed by atoms with Gasteiger partial charge in [0.25, 0.3) is 0 Å². The average Bonchev–Trinajstić information content (AvgIpc) is 2.49. The van der Waals surface area contributed by atoms with Gasteiger partial charge in [0.1, 0.15) is 5.82 Å². The van der Waals surface area contributed by atoms with Crippen LogP contribution in [-0.2, 0) is 13.0 Å². The molecule has 2 aromatic rings. The minimum atomic E-state index is -0.0706. The van der Waals surface area contributed by atoms with E-state index in [0.717, 1.165) is 18.7 Å². The summed E-state index contributed by atoms with van der Waals surface area (Å²) in [6.45, 7) is 0.667. The molecule has 0 radical (unpaired) electrons. The van der Waals surface area contributed by atoms with E-state index >= 15 is 0 Å². The number of hydrogen-bond donors (Lipinski definition) is 3. The Labute approximate surface area is 122 Å². The number of anilines is 2. The Kier molecular flexibility index (Phi) is 5.20. The first-order chi connectivity index (χ1) is 9.72. The molecule has 0 fully saturated rings. The highest BCUT2D eigenvalue weighted by atomic mass is 32.2. The lowest BCUT2D eigenvalue weighted by molar-refractivity contribution is 0.281. The van der Waals surface area contributed by atoms with Gasteiger partial charge in [0.05, 0.1) is 6.61 Å². The lowest BCUT2D eigenvalue weighted by Gasteiger charge is -2.10. The van der Waals surface area contributed by atoms with Crippen molar-refractivity contribution >= 4 is 23.3 Å². The van der Waals surface area contributed by atoms with Gasteiger partial charge in [0.2, 0.25) is 0 Å². The third-order valence-corrected chi connectivity index (χ3v) is 3.44. The molecule has 0 atom stereocenters. The van der Waals surface area contributed by atoms with Crippen LogP contribution < -0.4 is 11.1 Å². The van der Waals surface area contributed by atoms with Crippen molar-refractivity contribution in [3.63, 3.8) is 0 Å². The third-order valence-electron chi connectivity index (χ3n) is 2.88. The SMILES string of the molecule is CSc1ncc(CO)c(NCCc2ccc(N)cc2)n1. The maximum absolute atomic E-state index is 9.29. The quantitative estimate of drug-likeness (QED) is 0.428. The Morgan fingerprint density at radius 1 is 1.30 bits per heavy atom. The maximum Gasteiger partial charge on any atom is 0.189 e. The number of benzene rings is 1. The van der Waals surface area contributed by atoms with Crippen molar-refractivity contribution in [3.05, 3.63) is 41.6 Å². The van der Waals surface area contributed by atoms with Crippen LogP contribution in [0.4, 0.5) is 11.5 Å². The highest BCUT2D eigenvalue weighted by Gasteiger charge is 2.05. The minimum absolute atomic E-state index is 0.0706. The summed E-state index contributed by atoms with van der Waals surface area (Å²) in [6.07, 6.45) is 4.44. The van der Waals surface area contributed by atoms with Crippen LogP contribution in [0.1, 0.15) is 11.1 Å². The maximum atomic E-state index is 9.29. The fraction of sp³-hybridized carbons (Fsp3) is 0.286. The van der Waals surface area contributed by atoms with Crippen molar-refractivity contribution in [3.8, 4) is 0 Å². The number of aromatic nitrogens is 2. The summed E-state index contributed by atoms with van der Waals surface area (Å²) in [4.78, 5) is 8.51. The van der Waals surface area contributed by atoms with Crippen molar-refractivity contribution in [1.29, 1.82) is 0 Å². The highest BCUT2D eigenvalue weighted by molar-refractivity contribution is 7.98. The Hall–Kier alpha value is -1.79. The van der Waals surface area contributed by atoms with Crippen molar-refractivity contribution in [1.82, 2.24) is 9.97 Å². The van der Waals surface area contributed by atoms with Gasteiger partial charge in [-0.15, -0.1) is 0 Å². The second-order valence-corrected chi connectivity index (χ2v) is 5.08. The number of nitrogens with two attached hydrogens (primary N) is 1. The molecule has 1 aromatic heterocycles. The molecule has 6 heteroatoms. The molecule has 106 valence electrons. The number of nitrogens with zero attached hydrogens (tertiary/aromatic N) is 2. The molecule has 0 aliphatic rings. The normalized spacial score (nSPS) is 10.5. The first-order valence-electron chi connectivity index (χ1n) is 6.32. The van der Waals surface area contributed by atoms with Gasteiger partial charge in [-0.2, -0.15) is 0 Å². The van der Waals surface area contributed by atoms with E-state index in [1.54, 1.807) is 6.20 Å². The number of nitrogen functional groups attached to an aromatic ring is 1. The highest BCUT2D eigenvalue weighted by Crippen LogP contribution is 2.16. The Morgan fingerprint density at radius 2 is 2.05 bits per heavy atom. The summed E-state index contributed by atoms with van der Waals surface area (Å²) >= 11 is 1.48. The number of nitrogens with one attached hydrogen (secondary N) is 1. The van der Waals surface area contributed by atoms with Crippen molar-refractivity contribution < 1.29 is 5.11 Å². The number of aliphatic hydroxyl groups excluding tert-OH is 1. The predicted molar refractivity (Wildman–Crippen MR) is 82.8 cm³/mol. The molecule has 5 nitrogen and oxygen atoms in total. The van der Waals surface area contributed by atoms with E-state index in [1.807, 2.05) is 30.5 Å². The fourth-order valence-corrected chi connectivity index (χ4v) is 2.11. The van der Waals surface area contributed by atoms with Gasteiger partial charge in [-0.25, -0.2) is 9.97 Å². The monoisotopic (exact) mass is 290 g/mol. The van der Waals surface area contributed by atoms with Crippen LogP contribution in [0.15, 0.2) is 35.6 Å². The van der Waals surface area contributed by atoms with E-state index in [4.69, 9.17) is 5.73 Å². The van der Waals surface area contributed by atoms with Crippen LogP contribution in [0.5, 0.6) is 0 Å². The van der Waals surface area contributed by atoms with Crippen molar-refractivity contribution in [2.24, 2.45) is 0 Å². The second-order valence-electron chi connectivity index (χ2n) is 4.31. The van der Waals surface area contributed by atoms with Gasteiger partial charge in [-0.3, -0.25) is 0 Å². The van der Waals surface area contributed by atoms with Gasteiger partial charge in [0, 0.05) is 24.0 Å². The molecule has 2 rings (SSSR count). The van der Waals surface area contributed by atoms with E-state index in [9.17, 15) is 5.11 Å². The van der Waals surface area contributed by atoms with Crippen LogP contribution in [0.25, 0.3) is 0 Å². The fourth-order valence-electron chi connectivity index (χ4n) is 1.77. The summed E-state index contributed by atoms with van der Waals surface area (Å²) in [5.74, 6) is 0.697. The zero-order valence-electron chi connectivity index (χ0n) is 11.3. The van der Waals surface area contributed by atoms with Crippen LogP contribution in [0, 0.1) is 0 Å². The van der Waals surface area contributed by atoms with Crippen LogP contribution in [-0.4, -0.2) is 27.9 Å². The standard InChI is InChI=1S/C14H18N4OS/c1-20-14-17-8-11(9-19)13(18-14)16-7-6-10-2-4-12(15)5-3-10/h2-5,8,19H,6-7,9,15H2,1H3,(H,16,17,18). The molecule has 0 aliphatic carbocycles. The third kappa shape index (κ3) is 3.85. The van der Waals surface area contributed by atoms with Crippen molar-refractivity contribution in [2.75, 3.05) is 23.9 Å². The summed E-state index contributed by atoms with van der Waals surface area (Å²) < 4.78 is 0. The zero-order valence-corrected chi connectivity index (χ0v) is 12.2. The first kappa shape index (κ1) is 14.6. The summed E-state index contributed by atoms with van der Waals surface area (Å²) in [5.41, 5.74) is 8.34. The van der Waals surface area contributed by atoms with E-state index in [0.29, 0.717) is 16.5 Å². The van der Waals surface area contributed by atoms with Gasteiger partial charge < -0.3 is 16.2 Å². The molecule has 0 aliphatic heterocycles. The minimum Gasteiger partial charge on any atom is -0.399 e. The largest absolute Gasteiger partial charge is 0.399 e. The van der Waals surface area contributed by atoms with Crippen LogP contribution in [0.2, 0.25) is 0 Å². The zero-order chi connectivity index (χ0) is 14.4. The van der Waals surface area contributed by atoms with Gasteiger partial charge in [0.15, 0.2) is 5.16 Å². The summed E-state index contributed by atoms with van der Waals surface area (Å²) in [6, 6.07) is 7.81. The molecule has 20 heavy (non-hydrogen) atoms. The Morgan fingerprint density at radius 3 is 2.70 bits per heavy atom. The topological polar surface area (TPSA) is 84.1 Å². The van der Waals surface area contributed by atoms with E-state index in [2.05, 4.69) is 15.3 Å². The molecule has 1 aromatic carbocycles. The molecule has 0 spiro atoms. The number of thioether (sulfide) groups is 1. The van der Waals surface area contributed by atoms with E-state index < -0.39 is 0 Å². The average molecular weight is 290 g/mol. The smallest absolute Gasteiger partial charge is 0.189 e. The van der Waals surface area contributed by atoms with Crippen molar-refractivity contribution in [2.45, 2.75) is 18.2 Å². The molecule has 1 heterocycles. The number of hydrogen-bond acceptors (Lipinski definition) is 6. The first-order valence-corrected chi connectivity index (χ1v) is 7.54. The van der Waals surface area contributed by atoms with Gasteiger partial charge in [-0.05, 0) is 30.4 Å². The van der Waals surface area contributed by atoms with Gasteiger partial charge >= 0.3 is 0 Å². The molecule has 0 amide bonds. The molecule has 4 N–H and O–H groups in total. The van der Waals surface area contributed by atoms with Crippen LogP contribution in [0.3, 0.4) is 0 Å². The summed E-state index contributed by atoms with van der Waals surface area (Å²) in [5, 5.41) is 13.2. The lowest BCUT2D eigenvalue weighted by Crippen LogP contribution is -2.10. The molecule has 0 unspecified atom stereocenters. The van der Waals surface area contributed by atoms with Gasteiger partial charge in [-0.1, -0.05) is 23.9 Å². The number of aliphatic hydroxyl groups is 1. The van der Waals surface area contributed by atoms with E-state index in [-0.39, 0.29) is 6.61 Å². The Balaban J connectivity index is 1.97. The molecule has 0 saturated heterocycles. The lowest BCUT2D eigenvalue weighted by atomic mass is 10.1. The molecular weight excluding hydrogens is 272 g/mol. The van der Waals surface area contributed by atoms with Crippen LogP contribution >= 0.6 is 11.8 Å². The Bertz CT molecular complexity index is 560.